The first-order valence-corrected chi connectivity index (χ1v) is 4.54. The van der Waals surface area contributed by atoms with E-state index in [9.17, 15) is 0 Å². The monoisotopic (exact) mass is 169 g/mol. The molecule has 70 valence electrons. The van der Waals surface area contributed by atoms with E-state index in [-0.39, 0.29) is 5.54 Å². The van der Waals surface area contributed by atoms with Crippen molar-refractivity contribution in [3.63, 3.8) is 0 Å². The van der Waals surface area contributed by atoms with Gasteiger partial charge in [0, 0.05) is 0 Å². The van der Waals surface area contributed by atoms with Crippen LogP contribution in [0.5, 0.6) is 0 Å². The Kier molecular flexibility index (Phi) is 2.73. The van der Waals surface area contributed by atoms with Crippen molar-refractivity contribution in [1.29, 1.82) is 0 Å². The second kappa shape index (κ2) is 3.44. The molecule has 2 N–H and O–H groups in total. The fourth-order valence-electron chi connectivity index (χ4n) is 1.24. The molecule has 0 aromatic rings. The Balaban J connectivity index is 2.35. The molecule has 3 nitrogen and oxygen atoms in total. The Bertz CT molecular complexity index is 175. The number of rotatable bonds is 2. The quantitative estimate of drug-likeness (QED) is 0.492. The maximum atomic E-state index is 5.78. The first-order chi connectivity index (χ1) is 5.47. The zero-order valence-electron chi connectivity index (χ0n) is 8.30. The lowest BCUT2D eigenvalue weighted by Gasteiger charge is -2.30. The Morgan fingerprint density at radius 3 is 2.33 bits per heavy atom. The summed E-state index contributed by atoms with van der Waals surface area (Å²) < 4.78 is 0. The normalized spacial score (nSPS) is 20.8. The van der Waals surface area contributed by atoms with Gasteiger partial charge in [0.05, 0.1) is 12.1 Å². The van der Waals surface area contributed by atoms with Crippen LogP contribution >= 0.6 is 0 Å². The van der Waals surface area contributed by atoms with E-state index in [1.165, 1.54) is 19.5 Å². The van der Waals surface area contributed by atoms with E-state index in [4.69, 9.17) is 5.73 Å². The molecule has 0 aliphatic carbocycles. The van der Waals surface area contributed by atoms with Crippen LogP contribution in [0.25, 0.3) is 0 Å². The summed E-state index contributed by atoms with van der Waals surface area (Å²) in [6, 6.07) is 0. The molecule has 1 rings (SSSR count). The number of nitrogens with zero attached hydrogens (tertiary/aromatic N) is 2. The minimum absolute atomic E-state index is 0.0328. The molecule has 0 aromatic heterocycles. The first-order valence-electron chi connectivity index (χ1n) is 4.54. The van der Waals surface area contributed by atoms with Gasteiger partial charge in [-0.1, -0.05) is 0 Å². The smallest absolute Gasteiger partial charge is 0.109 e. The average Bonchev–Trinajstić information content (AvgIpc) is 1.74. The third-order valence-corrected chi connectivity index (χ3v) is 1.81. The SMILES string of the molecule is CC(C)(C)N=C(N)CN1CCC1. The summed E-state index contributed by atoms with van der Waals surface area (Å²) in [5.74, 6) is 0.766. The number of amidine groups is 1. The lowest BCUT2D eigenvalue weighted by Crippen LogP contribution is -2.43. The molecule has 12 heavy (non-hydrogen) atoms. The lowest BCUT2D eigenvalue weighted by atomic mass is 10.1. The largest absolute Gasteiger partial charge is 0.386 e. The van der Waals surface area contributed by atoms with Crippen molar-refractivity contribution in [1.82, 2.24) is 4.90 Å². The van der Waals surface area contributed by atoms with Gasteiger partial charge in [0.2, 0.25) is 0 Å². The minimum atomic E-state index is -0.0328. The van der Waals surface area contributed by atoms with Crippen LogP contribution in [-0.4, -0.2) is 35.9 Å². The van der Waals surface area contributed by atoms with Crippen molar-refractivity contribution in [3.8, 4) is 0 Å². The number of hydrogen-bond acceptors (Lipinski definition) is 2. The van der Waals surface area contributed by atoms with Crippen LogP contribution in [0, 0.1) is 0 Å². The fourth-order valence-corrected chi connectivity index (χ4v) is 1.24. The van der Waals surface area contributed by atoms with Crippen LogP contribution in [0.4, 0.5) is 0 Å². The minimum Gasteiger partial charge on any atom is -0.386 e. The molecular formula is C9H19N3. The van der Waals surface area contributed by atoms with Gasteiger partial charge in [0.1, 0.15) is 5.84 Å². The van der Waals surface area contributed by atoms with Crippen LogP contribution in [0.3, 0.4) is 0 Å². The van der Waals surface area contributed by atoms with E-state index >= 15 is 0 Å². The van der Waals surface area contributed by atoms with E-state index in [0.717, 1.165) is 12.4 Å². The Hall–Kier alpha value is -0.570. The van der Waals surface area contributed by atoms with E-state index in [0.29, 0.717) is 0 Å². The van der Waals surface area contributed by atoms with Gasteiger partial charge in [0.15, 0.2) is 0 Å². The van der Waals surface area contributed by atoms with Crippen LogP contribution in [-0.2, 0) is 0 Å². The Labute approximate surface area is 74.6 Å². The van der Waals surface area contributed by atoms with Crippen LogP contribution in [0.2, 0.25) is 0 Å². The average molecular weight is 169 g/mol. The second-order valence-electron chi connectivity index (χ2n) is 4.40. The van der Waals surface area contributed by atoms with Crippen molar-refractivity contribution in [3.05, 3.63) is 0 Å². The molecule has 1 aliphatic rings. The molecule has 0 amide bonds. The van der Waals surface area contributed by atoms with Crippen molar-refractivity contribution >= 4 is 5.84 Å². The highest BCUT2D eigenvalue weighted by atomic mass is 15.2. The summed E-state index contributed by atoms with van der Waals surface area (Å²) in [6.45, 7) is 9.40. The number of hydrogen-bond donors (Lipinski definition) is 1. The van der Waals surface area contributed by atoms with Crippen molar-refractivity contribution < 1.29 is 0 Å². The summed E-state index contributed by atoms with van der Waals surface area (Å²) >= 11 is 0. The molecule has 0 radical (unpaired) electrons. The number of nitrogens with two attached hydrogens (primary N) is 1. The third-order valence-electron chi connectivity index (χ3n) is 1.81. The zero-order valence-corrected chi connectivity index (χ0v) is 8.30. The predicted molar refractivity (Wildman–Crippen MR) is 52.4 cm³/mol. The van der Waals surface area contributed by atoms with Gasteiger partial charge >= 0.3 is 0 Å². The van der Waals surface area contributed by atoms with Gasteiger partial charge < -0.3 is 5.73 Å². The molecule has 1 aliphatic heterocycles. The molecule has 0 saturated carbocycles. The number of likely N-dealkylation sites (tertiary alicyclic amines) is 1. The highest BCUT2D eigenvalue weighted by Crippen LogP contribution is 2.08. The van der Waals surface area contributed by atoms with Crippen molar-refractivity contribution in [2.75, 3.05) is 19.6 Å². The third kappa shape index (κ3) is 3.22. The molecule has 0 aromatic carbocycles. The highest BCUT2D eigenvalue weighted by molar-refractivity contribution is 5.82. The van der Waals surface area contributed by atoms with Crippen LogP contribution in [0.15, 0.2) is 4.99 Å². The van der Waals surface area contributed by atoms with Gasteiger partial charge in [-0.15, -0.1) is 0 Å². The second-order valence-corrected chi connectivity index (χ2v) is 4.40. The maximum Gasteiger partial charge on any atom is 0.109 e. The van der Waals surface area contributed by atoms with Gasteiger partial charge in [0.25, 0.3) is 0 Å². The molecule has 1 saturated heterocycles. The summed E-state index contributed by atoms with van der Waals surface area (Å²) in [5, 5.41) is 0. The van der Waals surface area contributed by atoms with E-state index in [1.54, 1.807) is 0 Å². The van der Waals surface area contributed by atoms with Crippen molar-refractivity contribution in [2.45, 2.75) is 32.7 Å². The topological polar surface area (TPSA) is 41.6 Å². The molecular weight excluding hydrogens is 150 g/mol. The summed E-state index contributed by atoms with van der Waals surface area (Å²) in [6.07, 6.45) is 1.31. The summed E-state index contributed by atoms with van der Waals surface area (Å²) in [7, 11) is 0. The maximum absolute atomic E-state index is 5.78. The highest BCUT2D eigenvalue weighted by Gasteiger charge is 2.15. The van der Waals surface area contributed by atoms with Gasteiger partial charge in [-0.2, -0.15) is 0 Å². The molecule has 3 heteroatoms. The predicted octanol–water partition coefficient (Wildman–Crippen LogP) is 0.848. The van der Waals surface area contributed by atoms with Crippen LogP contribution in [0.1, 0.15) is 27.2 Å². The first kappa shape index (κ1) is 9.52. The van der Waals surface area contributed by atoms with Gasteiger partial charge in [-0.3, -0.25) is 9.89 Å². The van der Waals surface area contributed by atoms with E-state index < -0.39 is 0 Å². The lowest BCUT2D eigenvalue weighted by molar-refractivity contribution is 0.209. The standard InChI is InChI=1S/C9H19N3/c1-9(2,3)11-8(10)7-12-5-4-6-12/h4-7H2,1-3H3,(H2,10,11). The molecule has 1 heterocycles. The van der Waals surface area contributed by atoms with Crippen molar-refractivity contribution in [2.24, 2.45) is 10.7 Å². The van der Waals surface area contributed by atoms with Crippen LogP contribution < -0.4 is 5.73 Å². The molecule has 0 atom stereocenters. The van der Waals surface area contributed by atoms with Gasteiger partial charge in [-0.05, 0) is 40.3 Å². The van der Waals surface area contributed by atoms with E-state index in [1.807, 2.05) is 0 Å². The Morgan fingerprint density at radius 1 is 1.42 bits per heavy atom. The molecule has 0 bridgehead atoms. The summed E-state index contributed by atoms with van der Waals surface area (Å²) in [5.41, 5.74) is 5.75. The zero-order chi connectivity index (χ0) is 9.19. The molecule has 0 unspecified atom stereocenters. The summed E-state index contributed by atoms with van der Waals surface area (Å²) in [4.78, 5) is 6.69. The molecule has 0 spiro atoms. The van der Waals surface area contributed by atoms with Gasteiger partial charge in [-0.25, -0.2) is 0 Å². The number of aliphatic imine (C=N–C) groups is 1. The van der Waals surface area contributed by atoms with E-state index in [2.05, 4.69) is 30.7 Å². The Morgan fingerprint density at radius 2 is 2.00 bits per heavy atom. The molecule has 1 fully saturated rings. The fraction of sp³-hybridized carbons (Fsp3) is 0.889.